The number of thiophene rings is 1. The average molecular weight is 308 g/mol. The normalized spacial score (nSPS) is 16.8. The lowest BCUT2D eigenvalue weighted by Crippen LogP contribution is -2.17. The fraction of sp³-hybridized carbons (Fsp3) is 0.500. The van der Waals surface area contributed by atoms with Gasteiger partial charge in [-0.15, -0.1) is 16.4 Å². The molecule has 4 nitrogen and oxygen atoms in total. The van der Waals surface area contributed by atoms with Gasteiger partial charge in [0.15, 0.2) is 4.88 Å². The number of aromatic nitrogens is 2. The van der Waals surface area contributed by atoms with E-state index in [0.29, 0.717) is 10.6 Å². The predicted octanol–water partition coefficient (Wildman–Crippen LogP) is 4.15. The van der Waals surface area contributed by atoms with E-state index in [1.807, 2.05) is 17.5 Å². The molecule has 2 heterocycles. The smallest absolute Gasteiger partial charge is 0.352 e. The van der Waals surface area contributed by atoms with E-state index in [9.17, 15) is 4.79 Å². The summed E-state index contributed by atoms with van der Waals surface area (Å²) in [4.78, 5) is 13.8. The van der Waals surface area contributed by atoms with Crippen molar-refractivity contribution in [2.45, 2.75) is 44.6 Å². The van der Waals surface area contributed by atoms with Crippen molar-refractivity contribution >= 4 is 28.8 Å². The van der Waals surface area contributed by atoms with Crippen LogP contribution in [-0.4, -0.2) is 21.7 Å². The Balaban J connectivity index is 1.73. The number of carbonyl (C=O) groups is 1. The molecule has 2 aromatic heterocycles. The third-order valence-corrected chi connectivity index (χ3v) is 5.09. The second kappa shape index (κ2) is 6.45. The topological polar surface area (TPSA) is 52.1 Å². The molecule has 0 saturated heterocycles. The largest absolute Gasteiger partial charge is 0.458 e. The molecule has 0 N–H and O–H groups in total. The van der Waals surface area contributed by atoms with E-state index in [0.717, 1.165) is 42.1 Å². The van der Waals surface area contributed by atoms with Gasteiger partial charge in [-0.3, -0.25) is 0 Å². The molecule has 0 aliphatic heterocycles. The molecular weight excluding hydrogens is 292 g/mol. The Morgan fingerprint density at radius 3 is 2.75 bits per heavy atom. The van der Waals surface area contributed by atoms with E-state index in [2.05, 4.69) is 9.59 Å². The standard InChI is InChI=1S/C14H16N2O2S2/c17-14(18-10-6-3-1-2-4-7-10)13-12(15-16-20-13)11-8-5-9-19-11/h5,8-10H,1-4,6-7H2. The van der Waals surface area contributed by atoms with Crippen LogP contribution in [0.3, 0.4) is 0 Å². The Labute approximate surface area is 126 Å². The highest BCUT2D eigenvalue weighted by Crippen LogP contribution is 2.29. The number of hydrogen-bond donors (Lipinski definition) is 0. The third-order valence-electron chi connectivity index (χ3n) is 3.50. The van der Waals surface area contributed by atoms with Crippen LogP contribution in [0.1, 0.15) is 48.2 Å². The van der Waals surface area contributed by atoms with Gasteiger partial charge in [0.2, 0.25) is 0 Å². The summed E-state index contributed by atoms with van der Waals surface area (Å²) in [6.45, 7) is 0. The Morgan fingerprint density at radius 2 is 2.05 bits per heavy atom. The number of rotatable bonds is 3. The summed E-state index contributed by atoms with van der Waals surface area (Å²) in [6.07, 6.45) is 6.81. The van der Waals surface area contributed by atoms with E-state index in [-0.39, 0.29) is 12.1 Å². The summed E-state index contributed by atoms with van der Waals surface area (Å²) < 4.78 is 9.56. The van der Waals surface area contributed by atoms with Crippen molar-refractivity contribution in [3.8, 4) is 10.6 Å². The summed E-state index contributed by atoms with van der Waals surface area (Å²) in [5, 5.41) is 6.04. The van der Waals surface area contributed by atoms with E-state index >= 15 is 0 Å². The molecule has 2 aromatic rings. The van der Waals surface area contributed by atoms with Gasteiger partial charge in [0.1, 0.15) is 11.8 Å². The molecule has 0 bridgehead atoms. The van der Waals surface area contributed by atoms with Gasteiger partial charge in [-0.2, -0.15) is 0 Å². The summed E-state index contributed by atoms with van der Waals surface area (Å²) >= 11 is 2.68. The van der Waals surface area contributed by atoms with Crippen LogP contribution in [0.4, 0.5) is 0 Å². The highest BCUT2D eigenvalue weighted by Gasteiger charge is 2.23. The first-order valence-electron chi connectivity index (χ1n) is 6.92. The van der Waals surface area contributed by atoms with Crippen LogP contribution < -0.4 is 0 Å². The summed E-state index contributed by atoms with van der Waals surface area (Å²) in [7, 11) is 0. The molecule has 1 fully saturated rings. The highest BCUT2D eigenvalue weighted by molar-refractivity contribution is 7.14. The predicted molar refractivity (Wildman–Crippen MR) is 80.1 cm³/mol. The summed E-state index contributed by atoms with van der Waals surface area (Å²) in [5.41, 5.74) is 0.656. The second-order valence-electron chi connectivity index (χ2n) is 4.95. The lowest BCUT2D eigenvalue weighted by Gasteiger charge is -2.14. The van der Waals surface area contributed by atoms with Crippen LogP contribution in [0.5, 0.6) is 0 Å². The van der Waals surface area contributed by atoms with Gasteiger partial charge in [0.05, 0.1) is 4.88 Å². The van der Waals surface area contributed by atoms with Crippen molar-refractivity contribution in [3.63, 3.8) is 0 Å². The number of carbonyl (C=O) groups excluding carboxylic acids is 1. The molecule has 1 aliphatic rings. The van der Waals surface area contributed by atoms with Gasteiger partial charge in [0, 0.05) is 0 Å². The molecule has 0 unspecified atom stereocenters. The van der Waals surface area contributed by atoms with E-state index < -0.39 is 0 Å². The Hall–Kier alpha value is -1.27. The molecule has 0 radical (unpaired) electrons. The maximum atomic E-state index is 12.3. The molecule has 0 atom stereocenters. The molecule has 20 heavy (non-hydrogen) atoms. The average Bonchev–Trinajstić information content (AvgIpc) is 3.07. The fourth-order valence-electron chi connectivity index (χ4n) is 2.46. The van der Waals surface area contributed by atoms with Crippen molar-refractivity contribution in [3.05, 3.63) is 22.4 Å². The van der Waals surface area contributed by atoms with E-state index in [1.165, 1.54) is 12.8 Å². The van der Waals surface area contributed by atoms with Gasteiger partial charge in [-0.1, -0.05) is 23.4 Å². The Bertz CT molecular complexity index is 558. The maximum absolute atomic E-state index is 12.3. The van der Waals surface area contributed by atoms with Crippen molar-refractivity contribution in [1.29, 1.82) is 0 Å². The lowest BCUT2D eigenvalue weighted by molar-refractivity contribution is 0.0274. The molecule has 106 valence electrons. The Morgan fingerprint density at radius 1 is 1.25 bits per heavy atom. The first-order valence-corrected chi connectivity index (χ1v) is 8.57. The zero-order valence-corrected chi connectivity index (χ0v) is 12.7. The lowest BCUT2D eigenvalue weighted by atomic mass is 10.1. The molecule has 1 saturated carbocycles. The maximum Gasteiger partial charge on any atom is 0.352 e. The van der Waals surface area contributed by atoms with Crippen LogP contribution in [0.25, 0.3) is 10.6 Å². The molecule has 0 amide bonds. The summed E-state index contributed by atoms with van der Waals surface area (Å²) in [6, 6.07) is 3.89. The second-order valence-corrected chi connectivity index (χ2v) is 6.65. The van der Waals surface area contributed by atoms with Crippen molar-refractivity contribution in [2.24, 2.45) is 0 Å². The van der Waals surface area contributed by atoms with Gasteiger partial charge in [-0.05, 0) is 48.7 Å². The number of nitrogens with zero attached hydrogens (tertiary/aromatic N) is 2. The van der Waals surface area contributed by atoms with Crippen LogP contribution in [0.2, 0.25) is 0 Å². The Kier molecular flexibility index (Phi) is 4.42. The zero-order valence-electron chi connectivity index (χ0n) is 11.1. The number of esters is 1. The van der Waals surface area contributed by atoms with Crippen molar-refractivity contribution in [1.82, 2.24) is 9.59 Å². The molecule has 1 aliphatic carbocycles. The highest BCUT2D eigenvalue weighted by atomic mass is 32.1. The molecule has 0 spiro atoms. The van der Waals surface area contributed by atoms with Crippen LogP contribution in [-0.2, 0) is 4.74 Å². The van der Waals surface area contributed by atoms with Gasteiger partial charge in [0.25, 0.3) is 0 Å². The SMILES string of the molecule is O=C(OC1CCCCCC1)c1snnc1-c1cccs1. The van der Waals surface area contributed by atoms with E-state index in [1.54, 1.807) is 11.3 Å². The first-order chi connectivity index (χ1) is 9.84. The van der Waals surface area contributed by atoms with Crippen LogP contribution in [0, 0.1) is 0 Å². The van der Waals surface area contributed by atoms with Crippen LogP contribution >= 0.6 is 22.9 Å². The molecule has 3 rings (SSSR count). The fourth-order valence-corrected chi connectivity index (χ4v) is 3.81. The minimum atomic E-state index is -0.268. The monoisotopic (exact) mass is 308 g/mol. The molecule has 0 aromatic carbocycles. The first kappa shape index (κ1) is 13.7. The quantitative estimate of drug-likeness (QED) is 0.631. The number of ether oxygens (including phenoxy) is 1. The van der Waals surface area contributed by atoms with Crippen molar-refractivity contribution in [2.75, 3.05) is 0 Å². The van der Waals surface area contributed by atoms with Gasteiger partial charge in [-0.25, -0.2) is 4.79 Å². The number of hydrogen-bond acceptors (Lipinski definition) is 6. The van der Waals surface area contributed by atoms with Gasteiger partial charge >= 0.3 is 5.97 Å². The van der Waals surface area contributed by atoms with Crippen molar-refractivity contribution < 1.29 is 9.53 Å². The van der Waals surface area contributed by atoms with Crippen LogP contribution in [0.15, 0.2) is 17.5 Å². The summed E-state index contributed by atoms with van der Waals surface area (Å²) in [5.74, 6) is -0.268. The molecule has 6 heteroatoms. The van der Waals surface area contributed by atoms with E-state index in [4.69, 9.17) is 4.74 Å². The van der Waals surface area contributed by atoms with Gasteiger partial charge < -0.3 is 4.74 Å². The zero-order chi connectivity index (χ0) is 13.8. The minimum absolute atomic E-state index is 0.0586. The molecular formula is C14H16N2O2S2. The minimum Gasteiger partial charge on any atom is -0.458 e. The third kappa shape index (κ3) is 3.07.